The van der Waals surface area contributed by atoms with E-state index in [1.807, 2.05) is 19.9 Å². The van der Waals surface area contributed by atoms with Gasteiger partial charge in [-0.15, -0.1) is 0 Å². The first-order valence-corrected chi connectivity index (χ1v) is 5.45. The van der Waals surface area contributed by atoms with Gasteiger partial charge < -0.3 is 9.30 Å². The fourth-order valence-electron chi connectivity index (χ4n) is 1.99. The lowest BCUT2D eigenvalue weighted by Gasteiger charge is -2.13. The van der Waals surface area contributed by atoms with Crippen LogP contribution in [0.5, 0.6) is 0 Å². The summed E-state index contributed by atoms with van der Waals surface area (Å²) in [6.07, 6.45) is 1.57. The van der Waals surface area contributed by atoms with Crippen LogP contribution >= 0.6 is 0 Å². The van der Waals surface area contributed by atoms with Gasteiger partial charge in [-0.3, -0.25) is 0 Å². The molecule has 0 amide bonds. The Hall–Kier alpha value is -1.51. The van der Waals surface area contributed by atoms with Crippen LogP contribution in [0.2, 0.25) is 0 Å². The van der Waals surface area contributed by atoms with E-state index < -0.39 is 0 Å². The number of esters is 1. The zero-order valence-corrected chi connectivity index (χ0v) is 10.4. The van der Waals surface area contributed by atoms with Crippen LogP contribution in [-0.4, -0.2) is 17.1 Å². The van der Waals surface area contributed by atoms with Crippen molar-refractivity contribution in [1.29, 1.82) is 0 Å². The first-order chi connectivity index (χ1) is 7.49. The van der Waals surface area contributed by atoms with Gasteiger partial charge in [0, 0.05) is 17.4 Å². The number of aromatic nitrogens is 1. The molecule has 0 bridgehead atoms. The predicted octanol–water partition coefficient (Wildman–Crippen LogP) is 3.03. The van der Waals surface area contributed by atoms with E-state index in [1.165, 1.54) is 0 Å². The van der Waals surface area contributed by atoms with E-state index in [9.17, 15) is 4.79 Å². The van der Waals surface area contributed by atoms with Crippen LogP contribution in [0.1, 0.15) is 41.6 Å². The summed E-state index contributed by atoms with van der Waals surface area (Å²) >= 11 is 0. The highest BCUT2D eigenvalue weighted by Crippen LogP contribution is 2.20. The standard InChI is InChI=1S/C13H19NO2/c1-6-7-16-13(15)12-8-10(4)14(9(2)3)11(12)5/h6,8-9H,1,7H2,2-5H3. The molecule has 0 saturated carbocycles. The molecule has 0 fully saturated rings. The second-order valence-corrected chi connectivity index (χ2v) is 4.14. The van der Waals surface area contributed by atoms with Crippen molar-refractivity contribution in [3.8, 4) is 0 Å². The first-order valence-electron chi connectivity index (χ1n) is 5.45. The van der Waals surface area contributed by atoms with Crippen molar-refractivity contribution in [3.63, 3.8) is 0 Å². The Morgan fingerprint density at radius 3 is 2.62 bits per heavy atom. The summed E-state index contributed by atoms with van der Waals surface area (Å²) in [4.78, 5) is 11.7. The molecule has 1 aromatic heterocycles. The summed E-state index contributed by atoms with van der Waals surface area (Å²) in [5, 5.41) is 0. The second kappa shape index (κ2) is 5.01. The number of nitrogens with zero attached hydrogens (tertiary/aromatic N) is 1. The molecule has 0 aliphatic carbocycles. The van der Waals surface area contributed by atoms with E-state index in [0.29, 0.717) is 11.6 Å². The van der Waals surface area contributed by atoms with Gasteiger partial charge in [-0.2, -0.15) is 0 Å². The largest absolute Gasteiger partial charge is 0.458 e. The summed E-state index contributed by atoms with van der Waals surface area (Å²) < 4.78 is 7.17. The van der Waals surface area contributed by atoms with Crippen LogP contribution in [0, 0.1) is 13.8 Å². The van der Waals surface area contributed by atoms with Gasteiger partial charge in [0.15, 0.2) is 0 Å². The second-order valence-electron chi connectivity index (χ2n) is 4.14. The first kappa shape index (κ1) is 12.6. The summed E-state index contributed by atoms with van der Waals surface area (Å²) in [5.74, 6) is -0.278. The van der Waals surface area contributed by atoms with Gasteiger partial charge in [-0.1, -0.05) is 12.7 Å². The predicted molar refractivity (Wildman–Crippen MR) is 64.8 cm³/mol. The number of carbonyl (C=O) groups is 1. The molecule has 0 N–H and O–H groups in total. The number of ether oxygens (including phenoxy) is 1. The summed E-state index contributed by atoms with van der Waals surface area (Å²) in [5.41, 5.74) is 2.69. The van der Waals surface area contributed by atoms with Crippen LogP contribution in [0.15, 0.2) is 18.7 Å². The van der Waals surface area contributed by atoms with Gasteiger partial charge in [0.25, 0.3) is 0 Å². The molecule has 3 nitrogen and oxygen atoms in total. The van der Waals surface area contributed by atoms with Crippen molar-refractivity contribution in [3.05, 3.63) is 35.7 Å². The van der Waals surface area contributed by atoms with Crippen LogP contribution in [-0.2, 0) is 4.74 Å². The zero-order valence-electron chi connectivity index (χ0n) is 10.4. The van der Waals surface area contributed by atoms with E-state index >= 15 is 0 Å². The lowest BCUT2D eigenvalue weighted by atomic mass is 10.2. The van der Waals surface area contributed by atoms with Crippen molar-refractivity contribution >= 4 is 5.97 Å². The smallest absolute Gasteiger partial charge is 0.340 e. The van der Waals surface area contributed by atoms with Crippen LogP contribution in [0.3, 0.4) is 0 Å². The maximum absolute atomic E-state index is 11.7. The van der Waals surface area contributed by atoms with Gasteiger partial charge >= 0.3 is 5.97 Å². The molecular weight excluding hydrogens is 202 g/mol. The third-order valence-electron chi connectivity index (χ3n) is 2.55. The molecule has 0 saturated heterocycles. The Morgan fingerprint density at radius 1 is 1.56 bits per heavy atom. The van der Waals surface area contributed by atoms with Gasteiger partial charge in [0.05, 0.1) is 5.56 Å². The monoisotopic (exact) mass is 221 g/mol. The Balaban J connectivity index is 3.02. The SMILES string of the molecule is C=CCOC(=O)c1cc(C)n(C(C)C)c1C. The van der Waals surface area contributed by atoms with Crippen molar-refractivity contribution in [2.45, 2.75) is 33.7 Å². The Bertz CT molecular complexity index is 402. The maximum atomic E-state index is 11.7. The van der Waals surface area contributed by atoms with Gasteiger partial charge in [-0.05, 0) is 33.8 Å². The molecule has 0 aromatic carbocycles. The topological polar surface area (TPSA) is 31.2 Å². The van der Waals surface area contributed by atoms with Crippen molar-refractivity contribution in [2.24, 2.45) is 0 Å². The minimum atomic E-state index is -0.278. The molecule has 1 aromatic rings. The summed E-state index contributed by atoms with van der Waals surface area (Å²) in [7, 11) is 0. The lowest BCUT2D eigenvalue weighted by Crippen LogP contribution is -2.09. The minimum Gasteiger partial charge on any atom is -0.458 e. The van der Waals surface area contributed by atoms with Gasteiger partial charge in [0.2, 0.25) is 0 Å². The molecular formula is C13H19NO2. The maximum Gasteiger partial charge on any atom is 0.340 e. The number of aryl methyl sites for hydroxylation is 1. The lowest BCUT2D eigenvalue weighted by molar-refractivity contribution is 0.0548. The highest BCUT2D eigenvalue weighted by Gasteiger charge is 2.17. The molecule has 0 aliphatic rings. The molecule has 3 heteroatoms. The quantitative estimate of drug-likeness (QED) is 0.578. The zero-order chi connectivity index (χ0) is 12.3. The third-order valence-corrected chi connectivity index (χ3v) is 2.55. The van der Waals surface area contributed by atoms with Crippen LogP contribution in [0.4, 0.5) is 0 Å². The fourth-order valence-corrected chi connectivity index (χ4v) is 1.99. The van der Waals surface area contributed by atoms with E-state index in [1.54, 1.807) is 6.08 Å². The molecule has 0 atom stereocenters. The number of carbonyl (C=O) groups excluding carboxylic acids is 1. The van der Waals surface area contributed by atoms with Crippen molar-refractivity contribution in [2.75, 3.05) is 6.61 Å². The van der Waals surface area contributed by atoms with Crippen LogP contribution < -0.4 is 0 Å². The molecule has 16 heavy (non-hydrogen) atoms. The van der Waals surface area contributed by atoms with Crippen LogP contribution in [0.25, 0.3) is 0 Å². The molecule has 0 aliphatic heterocycles. The molecule has 1 heterocycles. The van der Waals surface area contributed by atoms with E-state index in [0.717, 1.165) is 11.4 Å². The Labute approximate surface area is 96.7 Å². The highest BCUT2D eigenvalue weighted by molar-refractivity contribution is 5.91. The van der Waals surface area contributed by atoms with E-state index in [2.05, 4.69) is 25.0 Å². The fraction of sp³-hybridized carbons (Fsp3) is 0.462. The number of hydrogen-bond donors (Lipinski definition) is 0. The van der Waals surface area contributed by atoms with E-state index in [-0.39, 0.29) is 12.6 Å². The molecule has 0 unspecified atom stereocenters. The summed E-state index contributed by atoms with van der Waals surface area (Å²) in [6.45, 7) is 11.9. The molecule has 1 rings (SSSR count). The van der Waals surface area contributed by atoms with Crippen molar-refractivity contribution in [1.82, 2.24) is 4.57 Å². The molecule has 0 radical (unpaired) electrons. The average molecular weight is 221 g/mol. The van der Waals surface area contributed by atoms with Gasteiger partial charge in [-0.25, -0.2) is 4.79 Å². The highest BCUT2D eigenvalue weighted by atomic mass is 16.5. The molecule has 88 valence electrons. The van der Waals surface area contributed by atoms with Crippen molar-refractivity contribution < 1.29 is 9.53 Å². The van der Waals surface area contributed by atoms with Gasteiger partial charge in [0.1, 0.15) is 6.61 Å². The summed E-state index contributed by atoms with van der Waals surface area (Å²) in [6, 6.07) is 2.22. The molecule has 0 spiro atoms. The minimum absolute atomic E-state index is 0.254. The normalized spacial score (nSPS) is 10.6. The average Bonchev–Trinajstić information content (AvgIpc) is 2.50. The Kier molecular flexibility index (Phi) is 3.93. The number of rotatable bonds is 4. The number of hydrogen-bond acceptors (Lipinski definition) is 2. The Morgan fingerprint density at radius 2 is 2.19 bits per heavy atom. The third kappa shape index (κ3) is 2.35. The van der Waals surface area contributed by atoms with E-state index in [4.69, 9.17) is 4.74 Å².